The summed E-state index contributed by atoms with van der Waals surface area (Å²) in [6.45, 7) is 2.86. The van der Waals surface area contributed by atoms with Gasteiger partial charge < -0.3 is 5.32 Å². The van der Waals surface area contributed by atoms with Crippen LogP contribution in [0.5, 0.6) is 0 Å². The van der Waals surface area contributed by atoms with E-state index in [0.717, 1.165) is 25.2 Å². The van der Waals surface area contributed by atoms with E-state index in [9.17, 15) is 13.2 Å². The van der Waals surface area contributed by atoms with Gasteiger partial charge in [0, 0.05) is 37.2 Å². The maximum atomic E-state index is 12.9. The molecule has 0 amide bonds. The Morgan fingerprint density at radius 3 is 2.57 bits per heavy atom. The molecular formula is C14H15ClF3N3. The Balaban J connectivity index is 2.37. The van der Waals surface area contributed by atoms with E-state index in [2.05, 4.69) is 5.32 Å². The van der Waals surface area contributed by atoms with Gasteiger partial charge in [-0.1, -0.05) is 11.6 Å². The molecule has 7 heteroatoms. The van der Waals surface area contributed by atoms with Crippen LogP contribution in [-0.4, -0.2) is 31.1 Å². The van der Waals surface area contributed by atoms with E-state index in [1.807, 2.05) is 11.0 Å². The first-order valence-corrected chi connectivity index (χ1v) is 6.99. The van der Waals surface area contributed by atoms with E-state index in [-0.39, 0.29) is 11.4 Å². The minimum absolute atomic E-state index is 0.112. The molecule has 114 valence electrons. The van der Waals surface area contributed by atoms with Gasteiger partial charge >= 0.3 is 6.18 Å². The molecule has 1 aromatic rings. The molecule has 1 aromatic carbocycles. The summed E-state index contributed by atoms with van der Waals surface area (Å²) in [7, 11) is 0. The Morgan fingerprint density at radius 1 is 1.33 bits per heavy atom. The highest BCUT2D eigenvalue weighted by Gasteiger charge is 2.32. The summed E-state index contributed by atoms with van der Waals surface area (Å²) in [4.78, 5) is 2.00. The third kappa shape index (κ3) is 3.88. The predicted octanol–water partition coefficient (Wildman–Crippen LogP) is 3.22. The average molecular weight is 318 g/mol. The molecule has 1 N–H and O–H groups in total. The van der Waals surface area contributed by atoms with Crippen LogP contribution in [0.1, 0.15) is 23.6 Å². The maximum Gasteiger partial charge on any atom is 0.416 e. The summed E-state index contributed by atoms with van der Waals surface area (Å²) < 4.78 is 38.6. The van der Waals surface area contributed by atoms with Crippen LogP contribution in [0.3, 0.4) is 0 Å². The minimum atomic E-state index is -4.42. The van der Waals surface area contributed by atoms with Crippen molar-refractivity contribution in [2.75, 3.05) is 26.2 Å². The molecule has 1 aliphatic rings. The fraction of sp³-hybridized carbons (Fsp3) is 0.500. The first-order chi connectivity index (χ1) is 9.93. The minimum Gasteiger partial charge on any atom is -0.314 e. The molecule has 0 aromatic heterocycles. The fourth-order valence-corrected chi connectivity index (χ4v) is 2.73. The van der Waals surface area contributed by atoms with Crippen molar-refractivity contribution in [1.29, 1.82) is 5.26 Å². The van der Waals surface area contributed by atoms with Crippen molar-refractivity contribution in [1.82, 2.24) is 10.2 Å². The topological polar surface area (TPSA) is 39.1 Å². The van der Waals surface area contributed by atoms with Gasteiger partial charge in [-0.2, -0.15) is 18.4 Å². The molecule has 0 spiro atoms. The van der Waals surface area contributed by atoms with Gasteiger partial charge in [0.15, 0.2) is 0 Å². The zero-order valence-electron chi connectivity index (χ0n) is 11.3. The maximum absolute atomic E-state index is 12.9. The van der Waals surface area contributed by atoms with Gasteiger partial charge in [0.2, 0.25) is 0 Å². The Hall–Kier alpha value is -1.29. The molecule has 0 bridgehead atoms. The SMILES string of the molecule is N#CC[C@H](c1cc(C(F)(F)F)ccc1Cl)N1CCNCC1. The molecule has 0 unspecified atom stereocenters. The number of nitriles is 1. The zero-order valence-corrected chi connectivity index (χ0v) is 12.0. The van der Waals surface area contributed by atoms with Crippen LogP contribution in [0.2, 0.25) is 5.02 Å². The molecule has 1 aliphatic heterocycles. The van der Waals surface area contributed by atoms with Gasteiger partial charge in [-0.3, -0.25) is 4.90 Å². The molecule has 1 heterocycles. The van der Waals surface area contributed by atoms with Gasteiger partial charge in [0.1, 0.15) is 0 Å². The number of nitrogens with one attached hydrogen (secondary N) is 1. The number of alkyl halides is 3. The molecular weight excluding hydrogens is 303 g/mol. The van der Waals surface area contributed by atoms with Crippen LogP contribution in [0.25, 0.3) is 0 Å². The van der Waals surface area contributed by atoms with E-state index >= 15 is 0 Å². The summed E-state index contributed by atoms with van der Waals surface area (Å²) >= 11 is 6.08. The Labute approximate surface area is 126 Å². The Morgan fingerprint density at radius 2 is 2.00 bits per heavy atom. The number of hydrogen-bond donors (Lipinski definition) is 1. The van der Waals surface area contributed by atoms with Crippen molar-refractivity contribution in [2.24, 2.45) is 0 Å². The Bertz CT molecular complexity index is 533. The lowest BCUT2D eigenvalue weighted by atomic mass is 9.99. The first kappa shape index (κ1) is 16.1. The fourth-order valence-electron chi connectivity index (χ4n) is 2.49. The van der Waals surface area contributed by atoms with Crippen molar-refractivity contribution in [2.45, 2.75) is 18.6 Å². The van der Waals surface area contributed by atoms with E-state index in [4.69, 9.17) is 16.9 Å². The number of benzene rings is 1. The van der Waals surface area contributed by atoms with Gasteiger partial charge in [-0.25, -0.2) is 0 Å². The second-order valence-electron chi connectivity index (χ2n) is 4.90. The average Bonchev–Trinajstić information content (AvgIpc) is 2.45. The van der Waals surface area contributed by atoms with E-state index < -0.39 is 17.8 Å². The highest BCUT2D eigenvalue weighted by Crippen LogP contribution is 2.36. The third-order valence-electron chi connectivity index (χ3n) is 3.56. The number of halogens is 4. The summed E-state index contributed by atoms with van der Waals surface area (Å²) in [5.41, 5.74) is -0.366. The van der Waals surface area contributed by atoms with Crippen LogP contribution in [0.4, 0.5) is 13.2 Å². The van der Waals surface area contributed by atoms with Gasteiger partial charge in [-0.15, -0.1) is 0 Å². The lowest BCUT2D eigenvalue weighted by Gasteiger charge is -2.34. The van der Waals surface area contributed by atoms with E-state index in [0.29, 0.717) is 18.7 Å². The lowest BCUT2D eigenvalue weighted by Crippen LogP contribution is -2.45. The third-order valence-corrected chi connectivity index (χ3v) is 3.90. The molecule has 3 nitrogen and oxygen atoms in total. The summed E-state index contributed by atoms with van der Waals surface area (Å²) in [6.07, 6.45) is -4.30. The van der Waals surface area contributed by atoms with Gasteiger partial charge in [0.05, 0.1) is 18.1 Å². The molecule has 0 saturated carbocycles. The van der Waals surface area contributed by atoms with Crippen LogP contribution in [0, 0.1) is 11.3 Å². The highest BCUT2D eigenvalue weighted by molar-refractivity contribution is 6.31. The van der Waals surface area contributed by atoms with Crippen LogP contribution in [0.15, 0.2) is 18.2 Å². The molecule has 21 heavy (non-hydrogen) atoms. The van der Waals surface area contributed by atoms with Crippen molar-refractivity contribution in [3.8, 4) is 6.07 Å². The molecule has 1 atom stereocenters. The molecule has 1 saturated heterocycles. The van der Waals surface area contributed by atoms with Crippen molar-refractivity contribution >= 4 is 11.6 Å². The normalized spacial score (nSPS) is 18.2. The van der Waals surface area contributed by atoms with Gasteiger partial charge in [0.25, 0.3) is 0 Å². The van der Waals surface area contributed by atoms with Crippen LogP contribution < -0.4 is 5.32 Å². The summed E-state index contributed by atoms with van der Waals surface area (Å²) in [5, 5.41) is 12.4. The summed E-state index contributed by atoms with van der Waals surface area (Å²) in [5.74, 6) is 0. The van der Waals surface area contributed by atoms with Crippen molar-refractivity contribution in [3.05, 3.63) is 34.3 Å². The smallest absolute Gasteiger partial charge is 0.314 e. The molecule has 2 rings (SSSR count). The predicted molar refractivity (Wildman–Crippen MR) is 73.9 cm³/mol. The quantitative estimate of drug-likeness (QED) is 0.930. The van der Waals surface area contributed by atoms with Crippen molar-refractivity contribution in [3.63, 3.8) is 0 Å². The number of rotatable bonds is 3. The molecule has 1 fully saturated rings. The largest absolute Gasteiger partial charge is 0.416 e. The standard InChI is InChI=1S/C14H15ClF3N3/c15-12-2-1-10(14(16,17)18)9-11(12)13(3-4-19)21-7-5-20-6-8-21/h1-2,9,13,20H,3,5-8H2/t13-/m1/s1. The number of nitrogens with zero attached hydrogens (tertiary/aromatic N) is 2. The van der Waals surface area contributed by atoms with Crippen LogP contribution in [-0.2, 0) is 6.18 Å². The monoisotopic (exact) mass is 317 g/mol. The van der Waals surface area contributed by atoms with Crippen LogP contribution >= 0.6 is 11.6 Å². The molecule has 0 aliphatic carbocycles. The van der Waals surface area contributed by atoms with E-state index in [1.165, 1.54) is 6.07 Å². The first-order valence-electron chi connectivity index (χ1n) is 6.62. The second-order valence-corrected chi connectivity index (χ2v) is 5.31. The lowest BCUT2D eigenvalue weighted by molar-refractivity contribution is -0.137. The zero-order chi connectivity index (χ0) is 15.5. The number of hydrogen-bond acceptors (Lipinski definition) is 3. The Kier molecular flexibility index (Phi) is 5.09. The van der Waals surface area contributed by atoms with Gasteiger partial charge in [-0.05, 0) is 23.8 Å². The summed E-state index contributed by atoms with van der Waals surface area (Å²) in [6, 6.07) is 4.92. The van der Waals surface area contributed by atoms with Crippen molar-refractivity contribution < 1.29 is 13.2 Å². The van der Waals surface area contributed by atoms with E-state index in [1.54, 1.807) is 0 Å². The second kappa shape index (κ2) is 6.65. The number of piperazine rings is 1. The molecule has 0 radical (unpaired) electrons. The highest BCUT2D eigenvalue weighted by atomic mass is 35.5.